The fourth-order valence-electron chi connectivity index (χ4n) is 2.90. The highest BCUT2D eigenvalue weighted by atomic mass is 16.3. The van der Waals surface area contributed by atoms with Gasteiger partial charge in [0.05, 0.1) is 6.10 Å². The zero-order chi connectivity index (χ0) is 10.9. The summed E-state index contributed by atoms with van der Waals surface area (Å²) in [4.78, 5) is 11.8. The average Bonchev–Trinajstić information content (AvgIpc) is 2.90. The van der Waals surface area contributed by atoms with E-state index >= 15 is 0 Å². The molecule has 3 nitrogen and oxygen atoms in total. The maximum atomic E-state index is 11.8. The number of rotatable bonds is 3. The van der Waals surface area contributed by atoms with Crippen LogP contribution in [-0.2, 0) is 4.79 Å². The van der Waals surface area contributed by atoms with Gasteiger partial charge >= 0.3 is 0 Å². The molecule has 0 heterocycles. The van der Waals surface area contributed by atoms with E-state index in [-0.39, 0.29) is 11.8 Å². The van der Waals surface area contributed by atoms with Gasteiger partial charge in [-0.2, -0.15) is 0 Å². The van der Waals surface area contributed by atoms with Crippen LogP contribution >= 0.6 is 0 Å². The van der Waals surface area contributed by atoms with Crippen molar-refractivity contribution in [2.75, 3.05) is 6.54 Å². The molecule has 2 fully saturated rings. The van der Waals surface area contributed by atoms with Gasteiger partial charge in [0.1, 0.15) is 0 Å². The lowest BCUT2D eigenvalue weighted by Gasteiger charge is -2.22. The van der Waals surface area contributed by atoms with Crippen molar-refractivity contribution in [2.45, 2.75) is 51.6 Å². The molecule has 2 aliphatic carbocycles. The van der Waals surface area contributed by atoms with Gasteiger partial charge in [-0.1, -0.05) is 19.3 Å². The topological polar surface area (TPSA) is 49.3 Å². The predicted octanol–water partition coefficient (Wildman–Crippen LogP) is 1.45. The molecule has 0 bridgehead atoms. The van der Waals surface area contributed by atoms with Gasteiger partial charge in [-0.15, -0.1) is 0 Å². The zero-order valence-electron chi connectivity index (χ0n) is 9.46. The van der Waals surface area contributed by atoms with E-state index in [0.29, 0.717) is 12.0 Å². The van der Waals surface area contributed by atoms with E-state index < -0.39 is 6.10 Å². The lowest BCUT2D eigenvalue weighted by Crippen LogP contribution is -2.33. The minimum absolute atomic E-state index is 0.165. The van der Waals surface area contributed by atoms with Crippen molar-refractivity contribution in [3.8, 4) is 0 Å². The van der Waals surface area contributed by atoms with Gasteiger partial charge in [0, 0.05) is 12.5 Å². The quantitative estimate of drug-likeness (QED) is 0.742. The Kier molecular flexibility index (Phi) is 3.01. The van der Waals surface area contributed by atoms with Gasteiger partial charge in [0.2, 0.25) is 5.91 Å². The van der Waals surface area contributed by atoms with Crippen LogP contribution in [0, 0.1) is 11.3 Å². The molecule has 0 saturated heterocycles. The zero-order valence-corrected chi connectivity index (χ0v) is 9.46. The number of aliphatic hydroxyl groups excluding tert-OH is 1. The van der Waals surface area contributed by atoms with E-state index in [1.807, 2.05) is 0 Å². The third kappa shape index (κ3) is 2.33. The molecule has 2 saturated carbocycles. The number of nitrogens with one attached hydrogen (secondary N) is 1. The van der Waals surface area contributed by atoms with E-state index in [0.717, 1.165) is 6.42 Å². The van der Waals surface area contributed by atoms with Crippen molar-refractivity contribution < 1.29 is 9.90 Å². The fraction of sp³-hybridized carbons (Fsp3) is 0.917. The molecule has 2 atom stereocenters. The second-order valence-corrected chi connectivity index (χ2v) is 5.27. The third-order valence-corrected chi connectivity index (χ3v) is 3.93. The molecule has 0 unspecified atom stereocenters. The van der Waals surface area contributed by atoms with Crippen LogP contribution in [-0.4, -0.2) is 23.7 Å². The second kappa shape index (κ2) is 4.12. The van der Waals surface area contributed by atoms with Crippen molar-refractivity contribution in [2.24, 2.45) is 11.3 Å². The molecule has 0 aliphatic heterocycles. The van der Waals surface area contributed by atoms with Crippen molar-refractivity contribution in [3.05, 3.63) is 0 Å². The first-order valence-electron chi connectivity index (χ1n) is 6.10. The fourth-order valence-corrected chi connectivity index (χ4v) is 2.90. The monoisotopic (exact) mass is 211 g/mol. The van der Waals surface area contributed by atoms with Crippen molar-refractivity contribution in [1.29, 1.82) is 0 Å². The summed E-state index contributed by atoms with van der Waals surface area (Å²) >= 11 is 0. The summed E-state index contributed by atoms with van der Waals surface area (Å²) in [5, 5.41) is 11.9. The van der Waals surface area contributed by atoms with E-state index in [2.05, 4.69) is 5.32 Å². The van der Waals surface area contributed by atoms with Crippen molar-refractivity contribution in [1.82, 2.24) is 5.32 Å². The smallest absolute Gasteiger partial charge is 0.223 e. The Balaban J connectivity index is 1.79. The van der Waals surface area contributed by atoms with Crippen molar-refractivity contribution in [3.63, 3.8) is 0 Å². The molecule has 0 aromatic heterocycles. The Morgan fingerprint density at radius 3 is 2.73 bits per heavy atom. The first-order chi connectivity index (χ1) is 7.14. The minimum Gasteiger partial charge on any atom is -0.392 e. The molecule has 0 aromatic carbocycles. The van der Waals surface area contributed by atoms with Crippen LogP contribution in [0.1, 0.15) is 45.4 Å². The molecule has 0 aromatic rings. The molecule has 2 aliphatic rings. The molecule has 3 heteroatoms. The van der Waals surface area contributed by atoms with Crippen LogP contribution in [0.4, 0.5) is 0 Å². The maximum absolute atomic E-state index is 11.8. The average molecular weight is 211 g/mol. The normalized spacial score (nSPS) is 29.9. The van der Waals surface area contributed by atoms with Gasteiger partial charge in [-0.05, 0) is 31.6 Å². The van der Waals surface area contributed by atoms with E-state index in [4.69, 9.17) is 5.11 Å². The van der Waals surface area contributed by atoms with E-state index in [9.17, 15) is 4.79 Å². The number of aliphatic hydroxyl groups is 1. The molecule has 15 heavy (non-hydrogen) atoms. The Morgan fingerprint density at radius 1 is 1.47 bits per heavy atom. The summed E-state index contributed by atoms with van der Waals surface area (Å²) in [6, 6.07) is 0. The van der Waals surface area contributed by atoms with Crippen LogP contribution in [0.15, 0.2) is 0 Å². The van der Waals surface area contributed by atoms with Crippen LogP contribution in [0.5, 0.6) is 0 Å². The number of amides is 1. The molecule has 1 amide bonds. The van der Waals surface area contributed by atoms with Crippen LogP contribution in [0.3, 0.4) is 0 Å². The van der Waals surface area contributed by atoms with Gasteiger partial charge < -0.3 is 10.4 Å². The number of carbonyl (C=O) groups excluding carboxylic acids is 1. The number of carbonyl (C=O) groups is 1. The molecular weight excluding hydrogens is 190 g/mol. The summed E-state index contributed by atoms with van der Waals surface area (Å²) in [6.45, 7) is 2.09. The van der Waals surface area contributed by atoms with E-state index in [1.165, 1.54) is 32.1 Å². The highest BCUT2D eigenvalue weighted by molar-refractivity contribution is 5.82. The van der Waals surface area contributed by atoms with Crippen LogP contribution < -0.4 is 5.32 Å². The van der Waals surface area contributed by atoms with Crippen LogP contribution in [0.25, 0.3) is 0 Å². The molecule has 0 radical (unpaired) electrons. The lowest BCUT2D eigenvalue weighted by molar-refractivity contribution is -0.123. The number of hydrogen-bond acceptors (Lipinski definition) is 2. The minimum atomic E-state index is -0.435. The summed E-state index contributed by atoms with van der Waals surface area (Å²) in [5.74, 6) is 0.411. The molecule has 1 spiro atoms. The van der Waals surface area contributed by atoms with Gasteiger partial charge in [0.15, 0.2) is 0 Å². The molecule has 86 valence electrons. The van der Waals surface area contributed by atoms with Gasteiger partial charge in [-0.25, -0.2) is 0 Å². The first-order valence-corrected chi connectivity index (χ1v) is 6.10. The highest BCUT2D eigenvalue weighted by Crippen LogP contribution is 2.61. The van der Waals surface area contributed by atoms with Gasteiger partial charge in [-0.3, -0.25) is 4.79 Å². The SMILES string of the molecule is C[C@@H](O)CNC(=O)[C@@H]1CC12CCCCC2. The Hall–Kier alpha value is -0.570. The summed E-state index contributed by atoms with van der Waals surface area (Å²) in [6.07, 6.45) is 7.04. The molecule has 2 N–H and O–H groups in total. The summed E-state index contributed by atoms with van der Waals surface area (Å²) in [7, 11) is 0. The number of hydrogen-bond donors (Lipinski definition) is 2. The summed E-state index contributed by atoms with van der Waals surface area (Å²) in [5.41, 5.74) is 0.362. The Labute approximate surface area is 91.2 Å². The standard InChI is InChI=1S/C12H21NO2/c1-9(14)8-13-11(15)10-7-12(10)5-3-2-4-6-12/h9-10,14H,2-8H2,1H3,(H,13,15)/t9-,10+/m1/s1. The third-order valence-electron chi connectivity index (χ3n) is 3.93. The largest absolute Gasteiger partial charge is 0.392 e. The van der Waals surface area contributed by atoms with E-state index in [1.54, 1.807) is 6.92 Å². The summed E-state index contributed by atoms with van der Waals surface area (Å²) < 4.78 is 0. The highest BCUT2D eigenvalue weighted by Gasteiger charge is 2.57. The second-order valence-electron chi connectivity index (χ2n) is 5.27. The van der Waals surface area contributed by atoms with Gasteiger partial charge in [0.25, 0.3) is 0 Å². The lowest BCUT2D eigenvalue weighted by atomic mass is 9.84. The molecular formula is C12H21NO2. The first kappa shape index (κ1) is 10.9. The van der Waals surface area contributed by atoms with Crippen molar-refractivity contribution >= 4 is 5.91 Å². The Morgan fingerprint density at radius 2 is 2.13 bits per heavy atom. The Bertz CT molecular complexity index is 244. The van der Waals surface area contributed by atoms with Crippen LogP contribution in [0.2, 0.25) is 0 Å². The maximum Gasteiger partial charge on any atom is 0.223 e. The predicted molar refractivity (Wildman–Crippen MR) is 58.3 cm³/mol. The molecule has 2 rings (SSSR count).